The van der Waals surface area contributed by atoms with Gasteiger partial charge in [0.25, 0.3) is 0 Å². The van der Waals surface area contributed by atoms with E-state index in [4.69, 9.17) is 5.11 Å². The standard InChI is InChI=1S/C13H15FO2/c1-8-9(7-13(15)16)2-3-10-6-11(14)4-5-12(8)10/h4-6,8-9H,2-3,7H2,1H3,(H,15,16). The average molecular weight is 222 g/mol. The zero-order chi connectivity index (χ0) is 11.7. The second kappa shape index (κ2) is 4.24. The Morgan fingerprint density at radius 3 is 3.00 bits per heavy atom. The molecule has 86 valence electrons. The van der Waals surface area contributed by atoms with Gasteiger partial charge >= 0.3 is 5.97 Å². The van der Waals surface area contributed by atoms with Crippen molar-refractivity contribution in [3.8, 4) is 0 Å². The van der Waals surface area contributed by atoms with Gasteiger partial charge in [-0.1, -0.05) is 13.0 Å². The molecule has 16 heavy (non-hydrogen) atoms. The molecular formula is C13H15FO2. The quantitative estimate of drug-likeness (QED) is 0.835. The average Bonchev–Trinajstić information content (AvgIpc) is 2.22. The minimum Gasteiger partial charge on any atom is -0.481 e. The Morgan fingerprint density at radius 2 is 2.31 bits per heavy atom. The number of halogens is 1. The van der Waals surface area contributed by atoms with Gasteiger partial charge in [-0.3, -0.25) is 4.79 Å². The molecule has 3 heteroatoms. The fourth-order valence-electron chi connectivity index (χ4n) is 2.58. The van der Waals surface area contributed by atoms with E-state index in [0.29, 0.717) is 0 Å². The van der Waals surface area contributed by atoms with Crippen LogP contribution in [0.1, 0.15) is 36.8 Å². The van der Waals surface area contributed by atoms with E-state index in [1.807, 2.05) is 6.92 Å². The highest BCUT2D eigenvalue weighted by Crippen LogP contribution is 2.37. The molecule has 0 spiro atoms. The summed E-state index contributed by atoms with van der Waals surface area (Å²) in [5.41, 5.74) is 2.15. The first-order chi connectivity index (χ1) is 7.58. The number of hydrogen-bond acceptors (Lipinski definition) is 1. The molecule has 0 aliphatic heterocycles. The number of carboxylic acids is 1. The van der Waals surface area contributed by atoms with E-state index in [1.165, 1.54) is 6.07 Å². The molecule has 1 N–H and O–H groups in total. The maximum atomic E-state index is 13.0. The number of aryl methyl sites for hydroxylation is 1. The first kappa shape index (κ1) is 11.1. The van der Waals surface area contributed by atoms with Crippen molar-refractivity contribution < 1.29 is 14.3 Å². The van der Waals surface area contributed by atoms with Crippen molar-refractivity contribution in [1.82, 2.24) is 0 Å². The predicted molar refractivity (Wildman–Crippen MR) is 58.9 cm³/mol. The summed E-state index contributed by atoms with van der Waals surface area (Å²) < 4.78 is 13.0. The number of rotatable bonds is 2. The third kappa shape index (κ3) is 2.08. The molecule has 1 aliphatic carbocycles. The SMILES string of the molecule is CC1c2ccc(F)cc2CCC1CC(=O)O. The highest BCUT2D eigenvalue weighted by atomic mass is 19.1. The minimum atomic E-state index is -0.748. The number of hydrogen-bond donors (Lipinski definition) is 1. The van der Waals surface area contributed by atoms with Crippen molar-refractivity contribution >= 4 is 5.97 Å². The number of carboxylic acid groups (broad SMARTS) is 1. The summed E-state index contributed by atoms with van der Waals surface area (Å²) in [6, 6.07) is 4.82. The Labute approximate surface area is 94.1 Å². The molecule has 2 unspecified atom stereocenters. The van der Waals surface area contributed by atoms with Gasteiger partial charge in [-0.25, -0.2) is 4.39 Å². The van der Waals surface area contributed by atoms with Gasteiger partial charge in [-0.15, -0.1) is 0 Å². The molecule has 0 saturated carbocycles. The number of fused-ring (bicyclic) bond motifs is 1. The van der Waals surface area contributed by atoms with Crippen LogP contribution >= 0.6 is 0 Å². The lowest BCUT2D eigenvalue weighted by Gasteiger charge is -2.30. The first-order valence-corrected chi connectivity index (χ1v) is 5.58. The monoisotopic (exact) mass is 222 g/mol. The summed E-state index contributed by atoms with van der Waals surface area (Å²) >= 11 is 0. The predicted octanol–water partition coefficient (Wildman–Crippen LogP) is 2.97. The topological polar surface area (TPSA) is 37.3 Å². The van der Waals surface area contributed by atoms with Crippen LogP contribution in [-0.2, 0) is 11.2 Å². The summed E-state index contributed by atoms with van der Waals surface area (Å²) in [5.74, 6) is -0.569. The van der Waals surface area contributed by atoms with E-state index in [0.717, 1.165) is 24.0 Å². The molecule has 2 nitrogen and oxygen atoms in total. The van der Waals surface area contributed by atoms with E-state index < -0.39 is 5.97 Å². The molecule has 2 rings (SSSR count). The van der Waals surface area contributed by atoms with Gasteiger partial charge in [0.1, 0.15) is 5.82 Å². The molecular weight excluding hydrogens is 207 g/mol. The van der Waals surface area contributed by atoms with Crippen molar-refractivity contribution in [2.75, 3.05) is 0 Å². The smallest absolute Gasteiger partial charge is 0.303 e. The highest BCUT2D eigenvalue weighted by Gasteiger charge is 2.27. The lowest BCUT2D eigenvalue weighted by molar-refractivity contribution is -0.138. The molecule has 1 aromatic rings. The molecule has 0 bridgehead atoms. The molecule has 0 radical (unpaired) electrons. The fraction of sp³-hybridized carbons (Fsp3) is 0.462. The molecule has 0 fully saturated rings. The number of benzene rings is 1. The van der Waals surface area contributed by atoms with Crippen LogP contribution in [0.2, 0.25) is 0 Å². The van der Waals surface area contributed by atoms with Crippen molar-refractivity contribution in [1.29, 1.82) is 0 Å². The Bertz CT molecular complexity index is 414. The van der Waals surface area contributed by atoms with Crippen LogP contribution in [0, 0.1) is 11.7 Å². The van der Waals surface area contributed by atoms with Gasteiger partial charge in [0.05, 0.1) is 0 Å². The third-order valence-electron chi connectivity index (χ3n) is 3.52. The van der Waals surface area contributed by atoms with Crippen molar-refractivity contribution in [3.05, 3.63) is 35.1 Å². The molecule has 2 atom stereocenters. The number of aliphatic carboxylic acids is 1. The Kier molecular flexibility index (Phi) is 2.95. The minimum absolute atomic E-state index is 0.176. The summed E-state index contributed by atoms with van der Waals surface area (Å²) in [6.07, 6.45) is 1.83. The second-order valence-corrected chi connectivity index (χ2v) is 4.53. The Balaban J connectivity index is 2.25. The molecule has 0 aromatic heterocycles. The lowest BCUT2D eigenvalue weighted by atomic mass is 9.75. The van der Waals surface area contributed by atoms with Crippen molar-refractivity contribution in [2.24, 2.45) is 5.92 Å². The summed E-state index contributed by atoms with van der Waals surface area (Å²) in [6.45, 7) is 2.03. The van der Waals surface area contributed by atoms with Gasteiger partial charge < -0.3 is 5.11 Å². The van der Waals surface area contributed by atoms with Crippen LogP contribution in [-0.4, -0.2) is 11.1 Å². The second-order valence-electron chi connectivity index (χ2n) is 4.53. The van der Waals surface area contributed by atoms with Crippen molar-refractivity contribution in [3.63, 3.8) is 0 Å². The largest absolute Gasteiger partial charge is 0.481 e. The van der Waals surface area contributed by atoms with Gasteiger partial charge in [0.15, 0.2) is 0 Å². The molecule has 0 heterocycles. The summed E-state index contributed by atoms with van der Waals surface area (Å²) in [5, 5.41) is 8.82. The van der Waals surface area contributed by atoms with Gasteiger partial charge in [-0.05, 0) is 47.9 Å². The molecule has 0 amide bonds. The van der Waals surface area contributed by atoms with Crippen LogP contribution in [0.5, 0.6) is 0 Å². The van der Waals surface area contributed by atoms with E-state index in [9.17, 15) is 9.18 Å². The van der Waals surface area contributed by atoms with E-state index in [-0.39, 0.29) is 24.1 Å². The Morgan fingerprint density at radius 1 is 1.56 bits per heavy atom. The van der Waals surface area contributed by atoms with Crippen LogP contribution < -0.4 is 0 Å². The Hall–Kier alpha value is -1.38. The van der Waals surface area contributed by atoms with Crippen molar-refractivity contribution in [2.45, 2.75) is 32.1 Å². The van der Waals surface area contributed by atoms with Crippen LogP contribution in [0.15, 0.2) is 18.2 Å². The number of carbonyl (C=O) groups is 1. The van der Waals surface area contributed by atoms with E-state index in [1.54, 1.807) is 12.1 Å². The first-order valence-electron chi connectivity index (χ1n) is 5.58. The van der Waals surface area contributed by atoms with Crippen LogP contribution in [0.3, 0.4) is 0 Å². The lowest BCUT2D eigenvalue weighted by Crippen LogP contribution is -2.21. The summed E-state index contributed by atoms with van der Waals surface area (Å²) in [4.78, 5) is 10.7. The fourth-order valence-corrected chi connectivity index (χ4v) is 2.58. The zero-order valence-corrected chi connectivity index (χ0v) is 9.24. The van der Waals surface area contributed by atoms with Gasteiger partial charge in [0, 0.05) is 6.42 Å². The third-order valence-corrected chi connectivity index (χ3v) is 3.52. The maximum Gasteiger partial charge on any atom is 0.303 e. The maximum absolute atomic E-state index is 13.0. The van der Waals surface area contributed by atoms with Crippen LogP contribution in [0.25, 0.3) is 0 Å². The molecule has 1 aromatic carbocycles. The normalized spacial score (nSPS) is 23.9. The zero-order valence-electron chi connectivity index (χ0n) is 9.24. The highest BCUT2D eigenvalue weighted by molar-refractivity contribution is 5.67. The molecule has 0 saturated heterocycles. The molecule has 1 aliphatic rings. The van der Waals surface area contributed by atoms with Gasteiger partial charge in [-0.2, -0.15) is 0 Å². The van der Waals surface area contributed by atoms with Crippen LogP contribution in [0.4, 0.5) is 4.39 Å². The van der Waals surface area contributed by atoms with E-state index in [2.05, 4.69) is 0 Å². The van der Waals surface area contributed by atoms with E-state index >= 15 is 0 Å². The van der Waals surface area contributed by atoms with Gasteiger partial charge in [0.2, 0.25) is 0 Å². The summed E-state index contributed by atoms with van der Waals surface area (Å²) in [7, 11) is 0.